The molecule has 0 unspecified atom stereocenters. The fraction of sp³-hybridized carbons (Fsp3) is 0.263. The zero-order chi connectivity index (χ0) is 21.5. The average Bonchev–Trinajstić information content (AvgIpc) is 3.45. The second kappa shape index (κ2) is 7.59. The van der Waals surface area contributed by atoms with Crippen molar-refractivity contribution in [3.63, 3.8) is 0 Å². The topological polar surface area (TPSA) is 168 Å². The van der Waals surface area contributed by atoms with Gasteiger partial charge in [-0.3, -0.25) is 4.57 Å². The van der Waals surface area contributed by atoms with Crippen LogP contribution >= 0.6 is 0 Å². The Bertz CT molecular complexity index is 1270. The van der Waals surface area contributed by atoms with Crippen LogP contribution in [-0.4, -0.2) is 70.4 Å². The van der Waals surface area contributed by atoms with Crippen molar-refractivity contribution in [2.45, 2.75) is 24.5 Å². The number of nitrogens with zero attached hydrogens (tertiary/aromatic N) is 6. The van der Waals surface area contributed by atoms with Crippen molar-refractivity contribution < 1.29 is 20.1 Å². The van der Waals surface area contributed by atoms with Gasteiger partial charge < -0.3 is 30.2 Å². The normalized spacial score (nSPS) is 24.0. The molecular formula is C19H20N8O4. The van der Waals surface area contributed by atoms with Crippen LogP contribution in [-0.2, 0) is 4.74 Å². The Morgan fingerprint density at radius 3 is 2.87 bits per heavy atom. The monoisotopic (exact) mass is 424 g/mol. The lowest BCUT2D eigenvalue weighted by Crippen LogP contribution is -2.33. The quantitative estimate of drug-likeness (QED) is 0.214. The highest BCUT2D eigenvalue weighted by molar-refractivity contribution is 5.83. The summed E-state index contributed by atoms with van der Waals surface area (Å²) in [6.45, 7) is -0.436. The van der Waals surface area contributed by atoms with Crippen LogP contribution in [0.25, 0.3) is 16.7 Å². The largest absolute Gasteiger partial charge is 0.394 e. The molecule has 0 bridgehead atoms. The first-order chi connectivity index (χ1) is 15.1. The van der Waals surface area contributed by atoms with E-state index in [2.05, 4.69) is 25.5 Å². The van der Waals surface area contributed by atoms with Crippen molar-refractivity contribution in [2.75, 3.05) is 17.8 Å². The number of nitrogens with two attached hydrogens (primary N) is 1. The summed E-state index contributed by atoms with van der Waals surface area (Å²) in [7, 11) is 0. The van der Waals surface area contributed by atoms with Gasteiger partial charge in [0.05, 0.1) is 24.8 Å². The molecular weight excluding hydrogens is 404 g/mol. The molecule has 0 aliphatic carbocycles. The zero-order valence-electron chi connectivity index (χ0n) is 16.1. The van der Waals surface area contributed by atoms with Gasteiger partial charge in [0.25, 0.3) is 0 Å². The van der Waals surface area contributed by atoms with E-state index in [0.29, 0.717) is 5.52 Å². The van der Waals surface area contributed by atoms with E-state index < -0.39 is 31.1 Å². The maximum atomic E-state index is 10.3. The van der Waals surface area contributed by atoms with Gasteiger partial charge in [-0.15, -0.1) is 0 Å². The summed E-state index contributed by atoms with van der Waals surface area (Å²) >= 11 is 0. The van der Waals surface area contributed by atoms with Crippen LogP contribution in [0.5, 0.6) is 0 Å². The third kappa shape index (κ3) is 3.27. The number of rotatable bonds is 5. The third-order valence-electron chi connectivity index (χ3n) is 5.20. The molecule has 5 rings (SSSR count). The molecule has 0 saturated carbocycles. The van der Waals surface area contributed by atoms with E-state index in [0.717, 1.165) is 11.2 Å². The van der Waals surface area contributed by atoms with Gasteiger partial charge >= 0.3 is 0 Å². The summed E-state index contributed by atoms with van der Waals surface area (Å²) in [5, 5.41) is 33.8. The van der Waals surface area contributed by atoms with Crippen molar-refractivity contribution in [1.29, 1.82) is 0 Å². The van der Waals surface area contributed by atoms with E-state index in [1.54, 1.807) is 6.21 Å². The summed E-state index contributed by atoms with van der Waals surface area (Å²) in [5.74, 6) is 0.233. The Labute approximate surface area is 175 Å². The van der Waals surface area contributed by atoms with E-state index in [9.17, 15) is 15.3 Å². The third-order valence-corrected chi connectivity index (χ3v) is 5.20. The van der Waals surface area contributed by atoms with E-state index >= 15 is 0 Å². The molecule has 1 aliphatic heterocycles. The SMILES string of the molecule is Nc1nc(N/N=C/c2ccc3ccccn23)nc2c1ncn2[C@@H]1O[C@H](CO)[C@@H](O)[C@H]1O. The molecule has 0 radical (unpaired) electrons. The molecule has 4 aromatic rings. The molecule has 6 N–H and O–H groups in total. The van der Waals surface area contributed by atoms with Crippen molar-refractivity contribution in [1.82, 2.24) is 23.9 Å². The van der Waals surface area contributed by atoms with Gasteiger partial charge in [-0.05, 0) is 24.3 Å². The molecule has 4 atom stereocenters. The highest BCUT2D eigenvalue weighted by atomic mass is 16.6. The predicted octanol–water partition coefficient (Wildman–Crippen LogP) is -0.281. The highest BCUT2D eigenvalue weighted by Gasteiger charge is 2.44. The number of aliphatic hydroxyl groups is 3. The van der Waals surface area contributed by atoms with Gasteiger partial charge in [0.15, 0.2) is 17.7 Å². The Hall–Kier alpha value is -3.58. The number of pyridine rings is 1. The van der Waals surface area contributed by atoms with E-state index in [-0.39, 0.29) is 17.4 Å². The summed E-state index contributed by atoms with van der Waals surface area (Å²) in [6.07, 6.45) is 0.506. The number of imidazole rings is 1. The van der Waals surface area contributed by atoms with Crippen LogP contribution in [0.15, 0.2) is 48.0 Å². The number of hydrazone groups is 1. The summed E-state index contributed by atoms with van der Waals surface area (Å²) in [4.78, 5) is 12.7. The fourth-order valence-corrected chi connectivity index (χ4v) is 3.62. The maximum Gasteiger partial charge on any atom is 0.247 e. The van der Waals surface area contributed by atoms with E-state index in [1.165, 1.54) is 10.9 Å². The number of anilines is 2. The smallest absolute Gasteiger partial charge is 0.247 e. The zero-order valence-corrected chi connectivity index (χ0v) is 16.1. The first kappa shape index (κ1) is 19.4. The van der Waals surface area contributed by atoms with Crippen molar-refractivity contribution in [3.8, 4) is 0 Å². The minimum atomic E-state index is -1.28. The van der Waals surface area contributed by atoms with Crippen molar-refractivity contribution in [3.05, 3.63) is 48.5 Å². The van der Waals surface area contributed by atoms with Crippen LogP contribution in [0.3, 0.4) is 0 Å². The Balaban J connectivity index is 1.43. The fourth-order valence-electron chi connectivity index (χ4n) is 3.62. The number of ether oxygens (including phenoxy) is 1. The van der Waals surface area contributed by atoms with E-state index in [4.69, 9.17) is 10.5 Å². The lowest BCUT2D eigenvalue weighted by Gasteiger charge is -2.16. The summed E-state index contributed by atoms with van der Waals surface area (Å²) in [6, 6.07) is 9.77. The lowest BCUT2D eigenvalue weighted by atomic mass is 10.1. The lowest BCUT2D eigenvalue weighted by molar-refractivity contribution is -0.0511. The number of aliphatic hydroxyl groups excluding tert-OH is 3. The van der Waals surface area contributed by atoms with Gasteiger partial charge in [0.2, 0.25) is 5.95 Å². The molecule has 12 nitrogen and oxygen atoms in total. The Morgan fingerprint density at radius 1 is 1.19 bits per heavy atom. The summed E-state index contributed by atoms with van der Waals surface area (Å²) < 4.78 is 8.97. The molecule has 31 heavy (non-hydrogen) atoms. The number of hydrogen-bond donors (Lipinski definition) is 5. The number of fused-ring (bicyclic) bond motifs is 2. The van der Waals surface area contributed by atoms with E-state index in [1.807, 2.05) is 40.9 Å². The number of aromatic nitrogens is 5. The molecule has 12 heteroatoms. The highest BCUT2D eigenvalue weighted by Crippen LogP contribution is 2.32. The van der Waals surface area contributed by atoms with Gasteiger partial charge in [0, 0.05) is 11.7 Å². The first-order valence-electron chi connectivity index (χ1n) is 9.54. The van der Waals surface area contributed by atoms with Crippen molar-refractivity contribution in [2.24, 2.45) is 5.10 Å². The molecule has 4 aromatic heterocycles. The van der Waals surface area contributed by atoms with Crippen LogP contribution < -0.4 is 11.2 Å². The molecule has 0 amide bonds. The standard InChI is InChI=1S/C19H20N8O4/c20-16-13-17(27(9-21-13)18-15(30)14(29)12(8-28)31-18)24-19(23-16)25-22-7-11-5-4-10-3-1-2-6-26(10)11/h1-7,9,12,14-15,18,28-30H,8H2,(H3,20,23,24,25)/b22-7+/t12-,14-,15-,18-/m1/s1. The first-order valence-corrected chi connectivity index (χ1v) is 9.54. The molecule has 0 aromatic carbocycles. The average molecular weight is 424 g/mol. The van der Waals surface area contributed by atoms with Gasteiger partial charge in [-0.1, -0.05) is 6.07 Å². The number of nitrogens with one attached hydrogen (secondary N) is 1. The molecule has 1 fully saturated rings. The van der Waals surface area contributed by atoms with Crippen LogP contribution in [0, 0.1) is 0 Å². The maximum absolute atomic E-state index is 10.3. The minimum absolute atomic E-state index is 0.112. The van der Waals surface area contributed by atoms with Crippen LogP contribution in [0.1, 0.15) is 11.9 Å². The minimum Gasteiger partial charge on any atom is -0.394 e. The number of nitrogen functional groups attached to an aromatic ring is 1. The van der Waals surface area contributed by atoms with Crippen LogP contribution in [0.2, 0.25) is 0 Å². The predicted molar refractivity (Wildman–Crippen MR) is 111 cm³/mol. The Morgan fingerprint density at radius 2 is 2.06 bits per heavy atom. The van der Waals surface area contributed by atoms with Crippen LogP contribution in [0.4, 0.5) is 11.8 Å². The molecule has 160 valence electrons. The Kier molecular flexibility index (Phi) is 4.75. The molecule has 1 aliphatic rings. The summed E-state index contributed by atoms with van der Waals surface area (Å²) in [5.41, 5.74) is 11.2. The van der Waals surface area contributed by atoms with Crippen molar-refractivity contribution >= 4 is 34.7 Å². The molecule has 5 heterocycles. The molecule has 1 saturated heterocycles. The van der Waals surface area contributed by atoms with Gasteiger partial charge in [-0.25, -0.2) is 10.4 Å². The van der Waals surface area contributed by atoms with Gasteiger partial charge in [0.1, 0.15) is 23.8 Å². The van der Waals surface area contributed by atoms with Gasteiger partial charge in [-0.2, -0.15) is 15.1 Å². The second-order valence-corrected chi connectivity index (χ2v) is 7.11. The number of hydrogen-bond acceptors (Lipinski definition) is 10. The molecule has 0 spiro atoms. The second-order valence-electron chi connectivity index (χ2n) is 7.11.